The number of halogens is 3. The molecule has 2 aromatic rings. The number of nitrogens with zero attached hydrogens (tertiary/aromatic N) is 4. The molecule has 1 saturated heterocycles. The first-order valence-electron chi connectivity index (χ1n) is 9.55. The second-order valence-electron chi connectivity index (χ2n) is 6.64. The molecule has 0 radical (unpaired) electrons. The molecule has 1 aliphatic heterocycles. The van der Waals surface area contributed by atoms with Crippen molar-refractivity contribution in [1.82, 2.24) is 20.2 Å². The summed E-state index contributed by atoms with van der Waals surface area (Å²) in [5.74, 6) is -0.816. The fourth-order valence-electron chi connectivity index (χ4n) is 3.08. The van der Waals surface area contributed by atoms with Crippen molar-refractivity contribution in [2.75, 3.05) is 49.5 Å². The van der Waals surface area contributed by atoms with Gasteiger partial charge in [-0.05, 0) is 31.2 Å². The van der Waals surface area contributed by atoms with Gasteiger partial charge in [0, 0.05) is 56.9 Å². The maximum atomic E-state index is 13.7. The molecule has 2 heterocycles. The molecule has 1 aromatic heterocycles. The van der Waals surface area contributed by atoms with Crippen LogP contribution in [0.15, 0.2) is 36.7 Å². The highest BCUT2D eigenvalue weighted by Crippen LogP contribution is 2.22. The molecule has 0 saturated carbocycles. The Balaban J connectivity index is 1.32. The Morgan fingerprint density at radius 2 is 1.90 bits per heavy atom. The third-order valence-electron chi connectivity index (χ3n) is 4.55. The van der Waals surface area contributed by atoms with Gasteiger partial charge in [-0.2, -0.15) is 8.78 Å². The molecule has 1 aromatic carbocycles. The summed E-state index contributed by atoms with van der Waals surface area (Å²) in [6.45, 7) is 1.62. The van der Waals surface area contributed by atoms with E-state index >= 15 is 0 Å². The van der Waals surface area contributed by atoms with Gasteiger partial charge in [-0.3, -0.25) is 4.90 Å². The summed E-state index contributed by atoms with van der Waals surface area (Å²) in [6.07, 6.45) is 4.21. The summed E-state index contributed by atoms with van der Waals surface area (Å²) >= 11 is 0. The van der Waals surface area contributed by atoms with Gasteiger partial charge in [0.2, 0.25) is 5.95 Å². The molecule has 0 unspecified atom stereocenters. The van der Waals surface area contributed by atoms with Crippen LogP contribution in [-0.4, -0.2) is 66.8 Å². The van der Waals surface area contributed by atoms with E-state index in [2.05, 4.69) is 35.1 Å². The molecular formula is C19H23F3N6O2. The number of aromatic nitrogens is 2. The molecule has 2 N–H and O–H groups in total. The summed E-state index contributed by atoms with van der Waals surface area (Å²) in [5, 5.41) is 5.15. The van der Waals surface area contributed by atoms with Gasteiger partial charge in [0.1, 0.15) is 0 Å². The maximum absolute atomic E-state index is 13.7. The number of nitrogens with one attached hydrogen (secondary N) is 2. The third-order valence-corrected chi connectivity index (χ3v) is 4.55. The molecule has 0 spiro atoms. The Hall–Kier alpha value is -3.08. The first-order chi connectivity index (χ1) is 14.5. The number of rotatable bonds is 8. The van der Waals surface area contributed by atoms with Crippen molar-refractivity contribution < 1.29 is 22.7 Å². The Morgan fingerprint density at radius 1 is 1.17 bits per heavy atom. The molecule has 3 rings (SSSR count). The van der Waals surface area contributed by atoms with E-state index in [9.17, 15) is 18.0 Å². The Labute approximate surface area is 172 Å². The van der Waals surface area contributed by atoms with Crippen molar-refractivity contribution >= 4 is 17.7 Å². The van der Waals surface area contributed by atoms with E-state index in [1.165, 1.54) is 6.07 Å². The highest BCUT2D eigenvalue weighted by Gasteiger charge is 2.18. The molecule has 1 fully saturated rings. The molecular weight excluding hydrogens is 401 g/mol. The largest absolute Gasteiger partial charge is 0.432 e. The monoisotopic (exact) mass is 424 g/mol. The SMILES string of the molecule is O=C(NCCCN1CCN(c2ncccn2)CC1)Nc1ccc(OC(F)F)c(F)c1. The number of ether oxygens (including phenoxy) is 1. The van der Waals surface area contributed by atoms with Crippen LogP contribution in [0.5, 0.6) is 5.75 Å². The summed E-state index contributed by atoms with van der Waals surface area (Å²) in [4.78, 5) is 24.9. The lowest BCUT2D eigenvalue weighted by molar-refractivity contribution is -0.0521. The number of amides is 2. The normalized spacial score (nSPS) is 14.6. The van der Waals surface area contributed by atoms with Gasteiger partial charge in [0.15, 0.2) is 11.6 Å². The zero-order valence-corrected chi connectivity index (χ0v) is 16.2. The zero-order chi connectivity index (χ0) is 21.3. The predicted octanol–water partition coefficient (Wildman–Crippen LogP) is 2.55. The number of hydrogen-bond acceptors (Lipinski definition) is 6. The maximum Gasteiger partial charge on any atom is 0.387 e. The van der Waals surface area contributed by atoms with E-state index in [-0.39, 0.29) is 5.69 Å². The Kier molecular flexibility index (Phi) is 7.66. The van der Waals surface area contributed by atoms with Gasteiger partial charge >= 0.3 is 12.6 Å². The van der Waals surface area contributed by atoms with Gasteiger partial charge in [-0.15, -0.1) is 0 Å². The number of piperazine rings is 1. The molecule has 162 valence electrons. The lowest BCUT2D eigenvalue weighted by Crippen LogP contribution is -2.47. The lowest BCUT2D eigenvalue weighted by Gasteiger charge is -2.34. The smallest absolute Gasteiger partial charge is 0.387 e. The van der Waals surface area contributed by atoms with Crippen molar-refractivity contribution in [2.24, 2.45) is 0 Å². The quantitative estimate of drug-likeness (QED) is 0.634. The topological polar surface area (TPSA) is 82.6 Å². The molecule has 30 heavy (non-hydrogen) atoms. The van der Waals surface area contributed by atoms with Crippen LogP contribution in [-0.2, 0) is 0 Å². The molecule has 1 aliphatic rings. The highest BCUT2D eigenvalue weighted by molar-refractivity contribution is 5.89. The van der Waals surface area contributed by atoms with Gasteiger partial charge < -0.3 is 20.3 Å². The van der Waals surface area contributed by atoms with E-state index in [0.29, 0.717) is 6.54 Å². The van der Waals surface area contributed by atoms with Gasteiger partial charge in [-0.1, -0.05) is 0 Å². The average Bonchev–Trinajstić information content (AvgIpc) is 2.74. The molecule has 0 aliphatic carbocycles. The Bertz CT molecular complexity index is 819. The van der Waals surface area contributed by atoms with E-state index in [1.54, 1.807) is 18.5 Å². The first kappa shape index (κ1) is 21.6. The number of hydrogen-bond donors (Lipinski definition) is 2. The van der Waals surface area contributed by atoms with Crippen LogP contribution in [0.3, 0.4) is 0 Å². The molecule has 11 heteroatoms. The fraction of sp³-hybridized carbons (Fsp3) is 0.421. The number of carbonyl (C=O) groups excluding carboxylic acids is 1. The van der Waals surface area contributed by atoms with Gasteiger partial charge in [-0.25, -0.2) is 19.2 Å². The predicted molar refractivity (Wildman–Crippen MR) is 105 cm³/mol. The van der Waals surface area contributed by atoms with Crippen LogP contribution >= 0.6 is 0 Å². The van der Waals surface area contributed by atoms with E-state index in [0.717, 1.165) is 57.2 Å². The number of benzene rings is 1. The molecule has 2 amide bonds. The third kappa shape index (κ3) is 6.48. The first-order valence-corrected chi connectivity index (χ1v) is 9.55. The van der Waals surface area contributed by atoms with Crippen LogP contribution in [0.25, 0.3) is 0 Å². The average molecular weight is 424 g/mol. The van der Waals surface area contributed by atoms with Crippen LogP contribution in [0, 0.1) is 5.82 Å². The lowest BCUT2D eigenvalue weighted by atomic mass is 10.3. The minimum absolute atomic E-state index is 0.144. The van der Waals surface area contributed by atoms with Crippen molar-refractivity contribution in [3.8, 4) is 5.75 Å². The van der Waals surface area contributed by atoms with Crippen molar-refractivity contribution in [3.63, 3.8) is 0 Å². The van der Waals surface area contributed by atoms with Gasteiger partial charge in [0.05, 0.1) is 0 Å². The zero-order valence-electron chi connectivity index (χ0n) is 16.2. The number of alkyl halides is 2. The second-order valence-corrected chi connectivity index (χ2v) is 6.64. The molecule has 0 bridgehead atoms. The van der Waals surface area contributed by atoms with Crippen molar-refractivity contribution in [2.45, 2.75) is 13.0 Å². The van der Waals surface area contributed by atoms with Crippen LogP contribution in [0.1, 0.15) is 6.42 Å². The summed E-state index contributed by atoms with van der Waals surface area (Å²) in [6, 6.07) is 4.54. The van der Waals surface area contributed by atoms with E-state index < -0.39 is 24.2 Å². The fourth-order valence-corrected chi connectivity index (χ4v) is 3.08. The Morgan fingerprint density at radius 3 is 2.57 bits per heavy atom. The van der Waals surface area contributed by atoms with Gasteiger partial charge in [0.25, 0.3) is 0 Å². The summed E-state index contributed by atoms with van der Waals surface area (Å²) in [5.41, 5.74) is 0.144. The number of anilines is 2. The minimum Gasteiger partial charge on any atom is -0.432 e. The van der Waals surface area contributed by atoms with E-state index in [1.807, 2.05) is 0 Å². The van der Waals surface area contributed by atoms with Crippen LogP contribution in [0.2, 0.25) is 0 Å². The second kappa shape index (κ2) is 10.6. The number of urea groups is 1. The van der Waals surface area contributed by atoms with Crippen molar-refractivity contribution in [3.05, 3.63) is 42.5 Å². The van der Waals surface area contributed by atoms with Crippen LogP contribution in [0.4, 0.5) is 29.6 Å². The molecule has 0 atom stereocenters. The summed E-state index contributed by atoms with van der Waals surface area (Å²) < 4.78 is 42.0. The van der Waals surface area contributed by atoms with Crippen LogP contribution < -0.4 is 20.3 Å². The summed E-state index contributed by atoms with van der Waals surface area (Å²) in [7, 11) is 0. The standard InChI is InChI=1S/C19H23F3N6O2/c20-15-13-14(3-4-16(15)30-17(21)22)26-19(29)25-7-2-8-27-9-11-28(12-10-27)18-23-5-1-6-24-18/h1,3-6,13,17H,2,7-12H2,(H2,25,26,29). The minimum atomic E-state index is -3.11. The van der Waals surface area contributed by atoms with E-state index in [4.69, 9.17) is 0 Å². The molecule has 8 nitrogen and oxygen atoms in total. The highest BCUT2D eigenvalue weighted by atomic mass is 19.3. The van der Waals surface area contributed by atoms with Crippen molar-refractivity contribution in [1.29, 1.82) is 0 Å². The number of carbonyl (C=O) groups is 1.